The van der Waals surface area contributed by atoms with E-state index in [0.29, 0.717) is 12.5 Å². The molecule has 0 bridgehead atoms. The zero-order chi connectivity index (χ0) is 17.9. The van der Waals surface area contributed by atoms with Crippen LogP contribution in [0.4, 0.5) is 13.2 Å². The molecule has 1 N–H and O–H groups in total. The molecule has 144 valence electrons. The van der Waals surface area contributed by atoms with Crippen LogP contribution in [0.5, 0.6) is 0 Å². The van der Waals surface area contributed by atoms with Crippen molar-refractivity contribution in [3.05, 3.63) is 0 Å². The van der Waals surface area contributed by atoms with Gasteiger partial charge in [-0.2, -0.15) is 13.2 Å². The zero-order valence-corrected chi connectivity index (χ0v) is 14.7. The highest BCUT2D eigenvalue weighted by Crippen LogP contribution is 2.42. The van der Waals surface area contributed by atoms with Crippen molar-refractivity contribution in [3.63, 3.8) is 0 Å². The van der Waals surface area contributed by atoms with Gasteiger partial charge < -0.3 is 15.0 Å². The lowest BCUT2D eigenvalue weighted by Crippen LogP contribution is -2.47. The Morgan fingerprint density at radius 1 is 1.08 bits per heavy atom. The lowest BCUT2D eigenvalue weighted by atomic mass is 9.79. The lowest BCUT2D eigenvalue weighted by Gasteiger charge is -2.29. The van der Waals surface area contributed by atoms with Gasteiger partial charge in [0.15, 0.2) is 0 Å². The first-order chi connectivity index (χ1) is 11.9. The first-order valence-corrected chi connectivity index (χ1v) is 9.63. The van der Waals surface area contributed by atoms with Crippen molar-refractivity contribution in [2.24, 2.45) is 11.8 Å². The average Bonchev–Trinajstić information content (AvgIpc) is 3.07. The van der Waals surface area contributed by atoms with E-state index < -0.39 is 18.1 Å². The number of amides is 1. The van der Waals surface area contributed by atoms with Crippen molar-refractivity contribution < 1.29 is 22.7 Å². The van der Waals surface area contributed by atoms with Gasteiger partial charge in [-0.15, -0.1) is 0 Å². The largest absolute Gasteiger partial charge is 0.408 e. The second kappa shape index (κ2) is 8.25. The van der Waals surface area contributed by atoms with Gasteiger partial charge in [-0.25, -0.2) is 0 Å². The summed E-state index contributed by atoms with van der Waals surface area (Å²) in [6.07, 6.45) is 2.84. The Hall–Kier alpha value is -0.820. The Labute approximate surface area is 147 Å². The lowest BCUT2D eigenvalue weighted by molar-refractivity contribution is -0.185. The van der Waals surface area contributed by atoms with Crippen molar-refractivity contribution >= 4 is 5.91 Å². The fraction of sp³-hybridized carbons (Fsp3) is 0.944. The Bertz CT molecular complexity index is 446. The Balaban J connectivity index is 1.58. The van der Waals surface area contributed by atoms with Crippen molar-refractivity contribution in [2.75, 3.05) is 26.2 Å². The number of carbonyl (C=O) groups is 1. The second-order valence-electron chi connectivity index (χ2n) is 7.78. The van der Waals surface area contributed by atoms with E-state index in [2.05, 4.69) is 5.32 Å². The molecule has 1 amide bonds. The highest BCUT2D eigenvalue weighted by Gasteiger charge is 2.51. The monoisotopic (exact) mass is 362 g/mol. The molecule has 0 aromatic rings. The maximum Gasteiger partial charge on any atom is 0.408 e. The van der Waals surface area contributed by atoms with Crippen LogP contribution in [-0.2, 0) is 9.53 Å². The summed E-state index contributed by atoms with van der Waals surface area (Å²) in [5.74, 6) is -0.196. The fourth-order valence-electron chi connectivity index (χ4n) is 4.64. The summed E-state index contributed by atoms with van der Waals surface area (Å²) in [7, 11) is 0. The van der Waals surface area contributed by atoms with Crippen LogP contribution in [0.25, 0.3) is 0 Å². The van der Waals surface area contributed by atoms with Crippen LogP contribution in [0.15, 0.2) is 0 Å². The van der Waals surface area contributed by atoms with Gasteiger partial charge in [0, 0.05) is 13.1 Å². The standard InChI is InChI=1S/C18H29F3N2O2/c19-18(20,21)16-9-14(13-5-2-1-3-6-13)11-23(16)17(24)12-25-15-7-4-8-22-10-15/h13-16,22H,1-12H2/t14-,15?,16+/m1/s1. The molecule has 0 spiro atoms. The summed E-state index contributed by atoms with van der Waals surface area (Å²) in [6.45, 7) is 1.59. The molecule has 0 aromatic carbocycles. The van der Waals surface area contributed by atoms with Gasteiger partial charge in [0.2, 0.25) is 5.91 Å². The average molecular weight is 362 g/mol. The van der Waals surface area contributed by atoms with Crippen LogP contribution in [-0.4, -0.2) is 55.4 Å². The maximum atomic E-state index is 13.5. The van der Waals surface area contributed by atoms with Gasteiger partial charge in [0.05, 0.1) is 6.10 Å². The van der Waals surface area contributed by atoms with E-state index in [9.17, 15) is 18.0 Å². The molecule has 3 rings (SSSR count). The molecule has 0 aromatic heterocycles. The van der Waals surface area contributed by atoms with E-state index in [1.807, 2.05) is 0 Å². The summed E-state index contributed by atoms with van der Waals surface area (Å²) in [5.41, 5.74) is 0. The van der Waals surface area contributed by atoms with E-state index in [1.54, 1.807) is 0 Å². The molecule has 2 aliphatic heterocycles. The first kappa shape index (κ1) is 19.0. The highest BCUT2D eigenvalue weighted by molar-refractivity contribution is 5.78. The molecule has 4 nitrogen and oxygen atoms in total. The SMILES string of the molecule is O=C(COC1CCCNC1)N1C[C@H](C2CCCCC2)C[C@H]1C(F)(F)F. The van der Waals surface area contributed by atoms with Crippen molar-refractivity contribution in [3.8, 4) is 0 Å². The molecule has 1 saturated carbocycles. The number of carbonyl (C=O) groups excluding carboxylic acids is 1. The summed E-state index contributed by atoms with van der Waals surface area (Å²) >= 11 is 0. The predicted molar refractivity (Wildman–Crippen MR) is 88.1 cm³/mol. The Morgan fingerprint density at radius 2 is 1.84 bits per heavy atom. The van der Waals surface area contributed by atoms with Crippen LogP contribution < -0.4 is 5.32 Å². The topological polar surface area (TPSA) is 41.6 Å². The number of nitrogens with one attached hydrogen (secondary N) is 1. The molecule has 7 heteroatoms. The molecule has 1 unspecified atom stereocenters. The number of likely N-dealkylation sites (tertiary alicyclic amines) is 1. The third kappa shape index (κ3) is 4.88. The maximum absolute atomic E-state index is 13.5. The Kier molecular flexibility index (Phi) is 6.25. The van der Waals surface area contributed by atoms with Crippen LogP contribution in [0, 0.1) is 11.8 Å². The second-order valence-corrected chi connectivity index (χ2v) is 7.78. The molecule has 3 atom stereocenters. The number of hydrogen-bond acceptors (Lipinski definition) is 3. The summed E-state index contributed by atoms with van der Waals surface area (Å²) in [6, 6.07) is -1.64. The summed E-state index contributed by atoms with van der Waals surface area (Å²) < 4.78 is 46.0. The Morgan fingerprint density at radius 3 is 2.48 bits per heavy atom. The van der Waals surface area contributed by atoms with Crippen molar-refractivity contribution in [2.45, 2.75) is 69.7 Å². The number of hydrogen-bond donors (Lipinski definition) is 1. The van der Waals surface area contributed by atoms with Gasteiger partial charge in [0.25, 0.3) is 0 Å². The third-order valence-electron chi connectivity index (χ3n) is 6.04. The van der Waals surface area contributed by atoms with E-state index in [0.717, 1.165) is 50.0 Å². The highest BCUT2D eigenvalue weighted by atomic mass is 19.4. The molecular weight excluding hydrogens is 333 g/mol. The number of alkyl halides is 3. The number of nitrogens with zero attached hydrogens (tertiary/aromatic N) is 1. The van der Waals surface area contributed by atoms with Crippen LogP contribution in [0.3, 0.4) is 0 Å². The molecule has 0 radical (unpaired) electrons. The molecule has 3 fully saturated rings. The summed E-state index contributed by atoms with van der Waals surface area (Å²) in [5, 5.41) is 3.18. The first-order valence-electron chi connectivity index (χ1n) is 9.63. The minimum absolute atomic E-state index is 0.0211. The van der Waals surface area contributed by atoms with E-state index in [4.69, 9.17) is 4.74 Å². The summed E-state index contributed by atoms with van der Waals surface area (Å²) in [4.78, 5) is 13.5. The van der Waals surface area contributed by atoms with Gasteiger partial charge in [-0.1, -0.05) is 32.1 Å². The van der Waals surface area contributed by atoms with E-state index >= 15 is 0 Å². The van der Waals surface area contributed by atoms with Gasteiger partial charge in [-0.3, -0.25) is 4.79 Å². The quantitative estimate of drug-likeness (QED) is 0.836. The van der Waals surface area contributed by atoms with Gasteiger partial charge in [0.1, 0.15) is 12.6 Å². The van der Waals surface area contributed by atoms with E-state index in [-0.39, 0.29) is 31.6 Å². The van der Waals surface area contributed by atoms with Gasteiger partial charge >= 0.3 is 6.18 Å². The molecule has 3 aliphatic rings. The molecular formula is C18H29F3N2O2. The number of halogens is 3. The number of rotatable bonds is 4. The molecule has 2 saturated heterocycles. The minimum atomic E-state index is -4.36. The van der Waals surface area contributed by atoms with Crippen LogP contribution in [0.1, 0.15) is 51.4 Å². The smallest absolute Gasteiger partial charge is 0.367 e. The van der Waals surface area contributed by atoms with Gasteiger partial charge in [-0.05, 0) is 37.6 Å². The number of piperidine rings is 1. The van der Waals surface area contributed by atoms with Crippen molar-refractivity contribution in [1.82, 2.24) is 10.2 Å². The van der Waals surface area contributed by atoms with E-state index in [1.165, 1.54) is 6.42 Å². The minimum Gasteiger partial charge on any atom is -0.367 e. The predicted octanol–water partition coefficient (Wildman–Crippen LogP) is 3.11. The normalized spacial score (nSPS) is 32.1. The number of ether oxygens (including phenoxy) is 1. The van der Waals surface area contributed by atoms with Crippen molar-refractivity contribution in [1.29, 1.82) is 0 Å². The molecule has 1 aliphatic carbocycles. The fourth-order valence-corrected chi connectivity index (χ4v) is 4.64. The zero-order valence-electron chi connectivity index (χ0n) is 14.7. The third-order valence-corrected chi connectivity index (χ3v) is 6.04. The molecule has 25 heavy (non-hydrogen) atoms. The van der Waals surface area contributed by atoms with Crippen LogP contribution in [0.2, 0.25) is 0 Å². The molecule has 2 heterocycles. The van der Waals surface area contributed by atoms with Crippen LogP contribution >= 0.6 is 0 Å².